The first-order valence-corrected chi connectivity index (χ1v) is 5.88. The topological polar surface area (TPSA) is 121 Å². The largest absolute Gasteiger partial charge is 0.481 e. The van der Waals surface area contributed by atoms with Gasteiger partial charge in [-0.2, -0.15) is 0 Å². The van der Waals surface area contributed by atoms with Crippen LogP contribution < -0.4 is 5.73 Å². The van der Waals surface area contributed by atoms with Gasteiger partial charge in [0.1, 0.15) is 0 Å². The third-order valence-corrected chi connectivity index (χ3v) is 2.35. The van der Waals surface area contributed by atoms with Gasteiger partial charge in [-0.1, -0.05) is 36.9 Å². The van der Waals surface area contributed by atoms with Gasteiger partial charge in [0.25, 0.3) is 0 Å². The molecule has 1 aromatic carbocycles. The number of hydrogen-bond acceptors (Lipinski definition) is 4. The molecule has 0 amide bonds. The van der Waals surface area contributed by atoms with E-state index in [4.69, 9.17) is 21.1 Å². The summed E-state index contributed by atoms with van der Waals surface area (Å²) < 4.78 is 0. The number of nitrogens with two attached hydrogens (primary N) is 1. The van der Waals surface area contributed by atoms with Crippen molar-refractivity contribution < 1.29 is 24.9 Å². The summed E-state index contributed by atoms with van der Waals surface area (Å²) >= 11 is 0. The first kappa shape index (κ1) is 17.8. The summed E-state index contributed by atoms with van der Waals surface area (Å²) in [6, 6.07) is 8.22. The Bertz CT molecular complexity index is 453. The average molecular weight is 281 g/mol. The maximum atomic E-state index is 9.72. The van der Waals surface area contributed by atoms with Crippen LogP contribution in [0, 0.1) is 0 Å². The summed E-state index contributed by atoms with van der Waals surface area (Å²) in [5.41, 5.74) is 7.98. The van der Waals surface area contributed by atoms with Crippen molar-refractivity contribution in [2.24, 2.45) is 5.73 Å². The van der Waals surface area contributed by atoms with Gasteiger partial charge >= 0.3 is 11.9 Å². The molecule has 1 aromatic rings. The number of carboxylic acid groups (broad SMARTS) is 2. The Labute approximate surface area is 117 Å². The molecule has 0 bridgehead atoms. The second-order valence-corrected chi connectivity index (χ2v) is 4.11. The summed E-state index contributed by atoms with van der Waals surface area (Å²) in [5, 5.41) is 24.1. The van der Waals surface area contributed by atoms with Crippen LogP contribution in [0.15, 0.2) is 30.8 Å². The van der Waals surface area contributed by atoms with Crippen LogP contribution >= 0.6 is 0 Å². The van der Waals surface area contributed by atoms with Crippen LogP contribution in [0.1, 0.15) is 30.5 Å². The quantitative estimate of drug-likeness (QED) is 0.644. The lowest BCUT2D eigenvalue weighted by atomic mass is 10.1. The maximum absolute atomic E-state index is 9.72. The molecule has 6 nitrogen and oxygen atoms in total. The number of aliphatic hydroxyl groups excluding tert-OH is 1. The highest BCUT2D eigenvalue weighted by atomic mass is 16.4. The smallest absolute Gasteiger partial charge is 0.333 e. The molecule has 110 valence electrons. The molecule has 0 saturated heterocycles. The van der Waals surface area contributed by atoms with Crippen molar-refractivity contribution in [1.29, 1.82) is 0 Å². The van der Waals surface area contributed by atoms with Crippen LogP contribution in [0.4, 0.5) is 0 Å². The summed E-state index contributed by atoms with van der Waals surface area (Å²) in [5.74, 6) is -2.85. The van der Waals surface area contributed by atoms with Crippen molar-refractivity contribution in [2.75, 3.05) is 0 Å². The zero-order valence-corrected chi connectivity index (χ0v) is 11.2. The molecule has 0 unspecified atom stereocenters. The first-order valence-electron chi connectivity index (χ1n) is 5.88. The molecule has 6 heteroatoms. The molecule has 0 aliphatic heterocycles. The van der Waals surface area contributed by atoms with Crippen LogP contribution in [0.3, 0.4) is 0 Å². The second-order valence-electron chi connectivity index (χ2n) is 4.11. The fourth-order valence-corrected chi connectivity index (χ4v) is 1.19. The number of rotatable bonds is 5. The molecule has 0 spiro atoms. The Morgan fingerprint density at radius 1 is 1.30 bits per heavy atom. The number of benzene rings is 1. The minimum atomic E-state index is -1.79. The molecule has 0 heterocycles. The molecule has 0 aliphatic rings. The number of carboxylic acids is 2. The molecule has 20 heavy (non-hydrogen) atoms. The zero-order valence-electron chi connectivity index (χ0n) is 11.2. The summed E-state index contributed by atoms with van der Waals surface area (Å²) in [6.45, 7) is 5.65. The lowest BCUT2D eigenvalue weighted by molar-refractivity contribution is -0.152. The SMILES string of the molecule is C=Cc1ccc([C@@H](C)N)cc1.O=C(O)C[C@H](O)C(=O)O. The highest BCUT2D eigenvalue weighted by Crippen LogP contribution is 2.10. The van der Waals surface area contributed by atoms with Gasteiger partial charge < -0.3 is 21.1 Å². The van der Waals surface area contributed by atoms with Crippen LogP contribution in [0.25, 0.3) is 6.08 Å². The first-order chi connectivity index (χ1) is 9.27. The predicted molar refractivity (Wildman–Crippen MR) is 75.0 cm³/mol. The Balaban J connectivity index is 0.000000370. The van der Waals surface area contributed by atoms with Gasteiger partial charge in [0.05, 0.1) is 6.42 Å². The van der Waals surface area contributed by atoms with Crippen LogP contribution in [-0.4, -0.2) is 33.4 Å². The van der Waals surface area contributed by atoms with Gasteiger partial charge in [0.15, 0.2) is 6.10 Å². The average Bonchev–Trinajstić information content (AvgIpc) is 2.38. The summed E-state index contributed by atoms with van der Waals surface area (Å²) in [4.78, 5) is 19.4. The predicted octanol–water partition coefficient (Wildman–Crippen LogP) is 1.26. The van der Waals surface area contributed by atoms with E-state index in [9.17, 15) is 9.59 Å². The van der Waals surface area contributed by atoms with E-state index in [0.717, 1.165) is 11.1 Å². The zero-order chi connectivity index (χ0) is 15.7. The highest BCUT2D eigenvalue weighted by molar-refractivity contribution is 5.79. The van der Waals surface area contributed by atoms with Gasteiger partial charge in [0.2, 0.25) is 0 Å². The van der Waals surface area contributed by atoms with E-state index >= 15 is 0 Å². The van der Waals surface area contributed by atoms with E-state index in [2.05, 4.69) is 6.58 Å². The van der Waals surface area contributed by atoms with E-state index in [-0.39, 0.29) is 6.04 Å². The minimum absolute atomic E-state index is 0.119. The monoisotopic (exact) mass is 281 g/mol. The molecule has 2 atom stereocenters. The van der Waals surface area contributed by atoms with E-state index < -0.39 is 24.5 Å². The van der Waals surface area contributed by atoms with E-state index in [1.165, 1.54) is 0 Å². The van der Waals surface area contributed by atoms with Crippen molar-refractivity contribution in [3.63, 3.8) is 0 Å². The molecular formula is C14H19NO5. The second kappa shape index (κ2) is 8.84. The number of aliphatic carboxylic acids is 2. The van der Waals surface area contributed by atoms with E-state index in [1.54, 1.807) is 0 Å². The molecule has 0 aromatic heterocycles. The fraction of sp³-hybridized carbons (Fsp3) is 0.286. The molecule has 5 N–H and O–H groups in total. The van der Waals surface area contributed by atoms with Crippen LogP contribution in [-0.2, 0) is 9.59 Å². The number of aliphatic hydroxyl groups is 1. The van der Waals surface area contributed by atoms with Crippen LogP contribution in [0.2, 0.25) is 0 Å². The summed E-state index contributed by atoms with van der Waals surface area (Å²) in [6.07, 6.45) is -0.720. The van der Waals surface area contributed by atoms with Crippen molar-refractivity contribution in [3.05, 3.63) is 42.0 Å². The Hall–Kier alpha value is -2.18. The molecule has 0 saturated carbocycles. The molecule has 0 radical (unpaired) electrons. The van der Waals surface area contributed by atoms with Gasteiger partial charge in [-0.25, -0.2) is 4.79 Å². The molecule has 1 rings (SSSR count). The Kier molecular flexibility index (Phi) is 7.88. The van der Waals surface area contributed by atoms with Gasteiger partial charge in [0, 0.05) is 6.04 Å². The third-order valence-electron chi connectivity index (χ3n) is 2.35. The highest BCUT2D eigenvalue weighted by Gasteiger charge is 2.16. The number of hydrogen-bond donors (Lipinski definition) is 4. The van der Waals surface area contributed by atoms with Gasteiger partial charge in [-0.3, -0.25) is 4.79 Å². The lowest BCUT2D eigenvalue weighted by Crippen LogP contribution is -2.22. The van der Waals surface area contributed by atoms with E-state index in [0.29, 0.717) is 0 Å². The standard InChI is InChI=1S/C10H13N.C4H6O5/c1-3-9-4-6-10(7-5-9)8(2)11;5-2(4(8)9)1-3(6)7/h3-8H,1,11H2,2H3;2,5H,1H2,(H,6,7)(H,8,9)/t8-;2-/m10/s1. The third kappa shape index (κ3) is 7.30. The molecule has 0 fully saturated rings. The number of carbonyl (C=O) groups is 2. The lowest BCUT2D eigenvalue weighted by Gasteiger charge is -2.04. The minimum Gasteiger partial charge on any atom is -0.481 e. The van der Waals surface area contributed by atoms with Crippen molar-refractivity contribution in [2.45, 2.75) is 25.5 Å². The Morgan fingerprint density at radius 3 is 2.05 bits per heavy atom. The Morgan fingerprint density at radius 2 is 1.80 bits per heavy atom. The van der Waals surface area contributed by atoms with Gasteiger partial charge in [-0.15, -0.1) is 0 Å². The maximum Gasteiger partial charge on any atom is 0.333 e. The fourth-order valence-electron chi connectivity index (χ4n) is 1.19. The molecule has 0 aliphatic carbocycles. The van der Waals surface area contributed by atoms with Gasteiger partial charge in [-0.05, 0) is 18.1 Å². The van der Waals surface area contributed by atoms with Crippen molar-refractivity contribution >= 4 is 18.0 Å². The van der Waals surface area contributed by atoms with Crippen molar-refractivity contribution in [1.82, 2.24) is 0 Å². The summed E-state index contributed by atoms with van der Waals surface area (Å²) in [7, 11) is 0. The van der Waals surface area contributed by atoms with Crippen molar-refractivity contribution in [3.8, 4) is 0 Å². The molecular weight excluding hydrogens is 262 g/mol. The normalized spacial score (nSPS) is 12.6. The van der Waals surface area contributed by atoms with Crippen LogP contribution in [0.5, 0.6) is 0 Å². The van der Waals surface area contributed by atoms with E-state index in [1.807, 2.05) is 37.3 Å².